The number of likely N-dealkylation sites (tertiary alicyclic amines) is 1. The maximum atomic E-state index is 13.4. The van der Waals surface area contributed by atoms with Crippen LogP contribution in [0.5, 0.6) is 0 Å². The number of hydrogen-bond acceptors (Lipinski definition) is 3. The van der Waals surface area contributed by atoms with Gasteiger partial charge in [0.1, 0.15) is 0 Å². The van der Waals surface area contributed by atoms with Crippen molar-refractivity contribution >= 4 is 11.8 Å². The number of hydrogen-bond donors (Lipinski definition) is 0. The lowest BCUT2D eigenvalue weighted by Gasteiger charge is -2.40. The molecule has 2 aliphatic heterocycles. The zero-order valence-electron chi connectivity index (χ0n) is 16.4. The van der Waals surface area contributed by atoms with Gasteiger partial charge in [0.05, 0.1) is 6.04 Å². The van der Waals surface area contributed by atoms with Crippen molar-refractivity contribution in [2.24, 2.45) is 0 Å². The van der Waals surface area contributed by atoms with E-state index in [2.05, 4.69) is 24.1 Å². The molecule has 0 bridgehead atoms. The van der Waals surface area contributed by atoms with Crippen LogP contribution >= 0.6 is 0 Å². The highest BCUT2D eigenvalue weighted by atomic mass is 16.2. The van der Waals surface area contributed by atoms with Gasteiger partial charge in [0, 0.05) is 44.7 Å². The van der Waals surface area contributed by atoms with E-state index < -0.39 is 0 Å². The summed E-state index contributed by atoms with van der Waals surface area (Å²) in [6, 6.07) is 18.1. The molecule has 1 atom stereocenters. The first kappa shape index (κ1) is 18.7. The Morgan fingerprint density at radius 2 is 1.86 bits per heavy atom. The molecule has 0 aliphatic carbocycles. The van der Waals surface area contributed by atoms with Gasteiger partial charge < -0.3 is 14.7 Å². The average molecular weight is 377 g/mol. The Bertz CT molecular complexity index is 852. The maximum Gasteiger partial charge on any atom is 0.254 e. The molecular formula is C23H27N3O2. The van der Waals surface area contributed by atoms with Gasteiger partial charge in [0.25, 0.3) is 5.91 Å². The van der Waals surface area contributed by atoms with Crippen LogP contribution in [0.4, 0.5) is 0 Å². The number of likely N-dealkylation sites (N-methyl/N-ethyl adjacent to an activating group) is 1. The molecule has 0 spiro atoms. The molecule has 2 aliphatic rings. The van der Waals surface area contributed by atoms with Crippen LogP contribution in [0.3, 0.4) is 0 Å². The van der Waals surface area contributed by atoms with Crippen LogP contribution in [0.2, 0.25) is 0 Å². The first-order chi connectivity index (χ1) is 13.6. The fourth-order valence-electron chi connectivity index (χ4n) is 4.18. The molecule has 2 aromatic carbocycles. The monoisotopic (exact) mass is 377 g/mol. The molecule has 2 heterocycles. The largest absolute Gasteiger partial charge is 0.338 e. The number of benzene rings is 2. The van der Waals surface area contributed by atoms with Gasteiger partial charge in [0.15, 0.2) is 0 Å². The van der Waals surface area contributed by atoms with Crippen molar-refractivity contribution < 1.29 is 9.59 Å². The van der Waals surface area contributed by atoms with Crippen molar-refractivity contribution in [3.05, 3.63) is 71.3 Å². The van der Waals surface area contributed by atoms with Crippen LogP contribution < -0.4 is 0 Å². The van der Waals surface area contributed by atoms with Crippen molar-refractivity contribution in [2.75, 3.05) is 33.2 Å². The Hall–Kier alpha value is -2.66. The topological polar surface area (TPSA) is 43.9 Å². The molecule has 5 nitrogen and oxygen atoms in total. The zero-order valence-corrected chi connectivity index (χ0v) is 16.4. The molecule has 0 N–H and O–H groups in total. The molecule has 2 amide bonds. The second-order valence-corrected chi connectivity index (χ2v) is 7.81. The number of carbonyl (C=O) groups excluding carboxylic acids is 2. The molecule has 2 aromatic rings. The van der Waals surface area contributed by atoms with Crippen LogP contribution in [0, 0.1) is 0 Å². The summed E-state index contributed by atoms with van der Waals surface area (Å²) in [5, 5.41) is 0. The van der Waals surface area contributed by atoms with Crippen LogP contribution in [-0.2, 0) is 11.3 Å². The summed E-state index contributed by atoms with van der Waals surface area (Å²) < 4.78 is 0. The number of nitrogens with zero attached hydrogens (tertiary/aromatic N) is 3. The molecule has 0 saturated carbocycles. The van der Waals surface area contributed by atoms with Crippen LogP contribution in [-0.4, -0.2) is 59.7 Å². The standard InChI is InChI=1S/C23H27N3O2/c1-24-13-14-26(21(17-24)19-8-3-2-4-9-19)23(28)20-10-5-7-18(15-20)16-25-12-6-11-22(25)27/h2-5,7-10,15,21H,6,11-14,16-17H2,1H3. The molecule has 4 rings (SSSR count). The van der Waals surface area contributed by atoms with Crippen molar-refractivity contribution in [1.29, 1.82) is 0 Å². The fourth-order valence-corrected chi connectivity index (χ4v) is 4.18. The second-order valence-electron chi connectivity index (χ2n) is 7.81. The van der Waals surface area contributed by atoms with Crippen molar-refractivity contribution in [3.8, 4) is 0 Å². The number of carbonyl (C=O) groups is 2. The Balaban J connectivity index is 1.55. The molecule has 5 heteroatoms. The van der Waals surface area contributed by atoms with E-state index in [1.165, 1.54) is 5.56 Å². The lowest BCUT2D eigenvalue weighted by molar-refractivity contribution is -0.128. The summed E-state index contributed by atoms with van der Waals surface area (Å²) in [6.45, 7) is 3.81. The summed E-state index contributed by atoms with van der Waals surface area (Å²) >= 11 is 0. The van der Waals surface area contributed by atoms with E-state index in [0.717, 1.165) is 31.6 Å². The third-order valence-corrected chi connectivity index (χ3v) is 5.75. The summed E-state index contributed by atoms with van der Waals surface area (Å²) in [5.41, 5.74) is 2.89. The van der Waals surface area contributed by atoms with Gasteiger partial charge in [-0.3, -0.25) is 9.59 Å². The number of rotatable bonds is 4. The average Bonchev–Trinajstić information content (AvgIpc) is 3.13. The van der Waals surface area contributed by atoms with Crippen molar-refractivity contribution in [3.63, 3.8) is 0 Å². The predicted molar refractivity (Wildman–Crippen MR) is 109 cm³/mol. The summed E-state index contributed by atoms with van der Waals surface area (Å²) in [6.07, 6.45) is 1.57. The first-order valence-electron chi connectivity index (χ1n) is 10.0. The molecule has 28 heavy (non-hydrogen) atoms. The Morgan fingerprint density at radius 1 is 1.04 bits per heavy atom. The van der Waals surface area contributed by atoms with Crippen LogP contribution in [0.25, 0.3) is 0 Å². The molecule has 146 valence electrons. The fraction of sp³-hybridized carbons (Fsp3) is 0.391. The van der Waals surface area contributed by atoms with E-state index >= 15 is 0 Å². The minimum absolute atomic E-state index is 0.0521. The number of piperazine rings is 1. The Morgan fingerprint density at radius 3 is 2.61 bits per heavy atom. The lowest BCUT2D eigenvalue weighted by atomic mass is 10.0. The van der Waals surface area contributed by atoms with Gasteiger partial charge >= 0.3 is 0 Å². The van der Waals surface area contributed by atoms with E-state index in [0.29, 0.717) is 25.1 Å². The highest BCUT2D eigenvalue weighted by molar-refractivity contribution is 5.94. The van der Waals surface area contributed by atoms with Gasteiger partial charge in [-0.1, -0.05) is 42.5 Å². The van der Waals surface area contributed by atoms with Crippen LogP contribution in [0.1, 0.15) is 40.4 Å². The summed E-state index contributed by atoms with van der Waals surface area (Å²) in [4.78, 5) is 31.4. The second kappa shape index (κ2) is 8.15. The van der Waals surface area contributed by atoms with E-state index in [-0.39, 0.29) is 17.9 Å². The molecule has 0 aromatic heterocycles. The quantitative estimate of drug-likeness (QED) is 0.823. The minimum Gasteiger partial charge on any atom is -0.338 e. The first-order valence-corrected chi connectivity index (χ1v) is 10.0. The zero-order chi connectivity index (χ0) is 19.5. The smallest absolute Gasteiger partial charge is 0.254 e. The number of amides is 2. The maximum absolute atomic E-state index is 13.4. The predicted octanol–water partition coefficient (Wildman–Crippen LogP) is 2.94. The molecular weight excluding hydrogens is 350 g/mol. The SMILES string of the molecule is CN1CCN(C(=O)c2cccc(CN3CCCC3=O)c2)C(c2ccccc2)C1. The molecule has 2 fully saturated rings. The van der Waals surface area contributed by atoms with E-state index in [9.17, 15) is 9.59 Å². The third kappa shape index (κ3) is 3.94. The van der Waals surface area contributed by atoms with Crippen LogP contribution in [0.15, 0.2) is 54.6 Å². The highest BCUT2D eigenvalue weighted by Crippen LogP contribution is 2.27. The molecule has 0 radical (unpaired) electrons. The van der Waals surface area contributed by atoms with Crippen molar-refractivity contribution in [2.45, 2.75) is 25.4 Å². The van der Waals surface area contributed by atoms with Gasteiger partial charge in [-0.25, -0.2) is 0 Å². The van der Waals surface area contributed by atoms with Gasteiger partial charge in [-0.15, -0.1) is 0 Å². The third-order valence-electron chi connectivity index (χ3n) is 5.75. The van der Waals surface area contributed by atoms with Gasteiger partial charge in [-0.2, -0.15) is 0 Å². The molecule has 2 saturated heterocycles. The van der Waals surface area contributed by atoms with E-state index in [4.69, 9.17) is 0 Å². The minimum atomic E-state index is 0.0521. The summed E-state index contributed by atoms with van der Waals surface area (Å²) in [5.74, 6) is 0.275. The Labute approximate surface area is 166 Å². The van der Waals surface area contributed by atoms with Gasteiger partial charge in [0.2, 0.25) is 5.91 Å². The lowest BCUT2D eigenvalue weighted by Crippen LogP contribution is -2.49. The van der Waals surface area contributed by atoms with Gasteiger partial charge in [-0.05, 0) is 36.7 Å². The van der Waals surface area contributed by atoms with Crippen molar-refractivity contribution in [1.82, 2.24) is 14.7 Å². The van der Waals surface area contributed by atoms with E-state index in [1.54, 1.807) is 0 Å². The van der Waals surface area contributed by atoms with E-state index in [1.807, 2.05) is 52.3 Å². The highest BCUT2D eigenvalue weighted by Gasteiger charge is 2.31. The molecule has 1 unspecified atom stereocenters. The Kier molecular flexibility index (Phi) is 5.44. The summed E-state index contributed by atoms with van der Waals surface area (Å²) in [7, 11) is 2.10. The normalized spacial score (nSPS) is 20.6.